The summed E-state index contributed by atoms with van der Waals surface area (Å²) in [4.78, 5) is 23.2. The second-order valence-corrected chi connectivity index (χ2v) is 5.89. The molecule has 6 nitrogen and oxygen atoms in total. The Morgan fingerprint density at radius 3 is 2.96 bits per heavy atom. The highest BCUT2D eigenvalue weighted by molar-refractivity contribution is 5.94. The lowest BCUT2D eigenvalue weighted by Crippen LogP contribution is -2.27. The van der Waals surface area contributed by atoms with Crippen LogP contribution in [0.4, 0.5) is 0 Å². The van der Waals surface area contributed by atoms with E-state index in [-0.39, 0.29) is 5.91 Å². The van der Waals surface area contributed by atoms with E-state index in [1.165, 1.54) is 0 Å². The molecule has 0 unspecified atom stereocenters. The number of carbonyl (C=O) groups excluding carboxylic acids is 1. The summed E-state index contributed by atoms with van der Waals surface area (Å²) in [6.07, 6.45) is 4.72. The molecule has 1 N–H and O–H groups in total. The smallest absolute Gasteiger partial charge is 0.274 e. The molecule has 23 heavy (non-hydrogen) atoms. The number of aromatic nitrogens is 4. The van der Waals surface area contributed by atoms with Crippen molar-refractivity contribution in [2.75, 3.05) is 7.05 Å². The molecule has 3 aromatic rings. The Bertz CT molecular complexity index is 886. The van der Waals surface area contributed by atoms with Gasteiger partial charge in [0.1, 0.15) is 0 Å². The molecule has 2 aromatic heterocycles. The zero-order valence-corrected chi connectivity index (χ0v) is 12.9. The van der Waals surface area contributed by atoms with Crippen molar-refractivity contribution < 1.29 is 4.79 Å². The SMILES string of the molecule is CN(Cc1cnc2ccccc2n1)C(=O)c1n[nH]c2c1CCC2. The molecule has 1 aliphatic carbocycles. The van der Waals surface area contributed by atoms with Gasteiger partial charge < -0.3 is 4.90 Å². The third-order valence-corrected chi connectivity index (χ3v) is 4.25. The zero-order chi connectivity index (χ0) is 15.8. The van der Waals surface area contributed by atoms with Crippen LogP contribution in [0.1, 0.15) is 33.9 Å². The summed E-state index contributed by atoms with van der Waals surface area (Å²) in [6.45, 7) is 0.415. The summed E-state index contributed by atoms with van der Waals surface area (Å²) >= 11 is 0. The normalized spacial score (nSPS) is 13.3. The molecule has 1 aromatic carbocycles. The van der Waals surface area contributed by atoms with E-state index < -0.39 is 0 Å². The fourth-order valence-corrected chi connectivity index (χ4v) is 3.06. The van der Waals surface area contributed by atoms with E-state index >= 15 is 0 Å². The van der Waals surface area contributed by atoms with Gasteiger partial charge in [0.2, 0.25) is 0 Å². The summed E-state index contributed by atoms with van der Waals surface area (Å²) in [7, 11) is 1.77. The Kier molecular flexibility index (Phi) is 3.29. The van der Waals surface area contributed by atoms with Gasteiger partial charge in [-0.25, -0.2) is 4.98 Å². The quantitative estimate of drug-likeness (QED) is 0.804. The molecule has 1 aliphatic rings. The minimum atomic E-state index is -0.0700. The van der Waals surface area contributed by atoms with Crippen LogP contribution >= 0.6 is 0 Å². The monoisotopic (exact) mass is 307 g/mol. The summed E-state index contributed by atoms with van der Waals surface area (Å²) in [5.74, 6) is -0.0700. The van der Waals surface area contributed by atoms with Crippen LogP contribution in [0.5, 0.6) is 0 Å². The fraction of sp³-hybridized carbons (Fsp3) is 0.294. The van der Waals surface area contributed by atoms with Crippen LogP contribution in [-0.2, 0) is 19.4 Å². The summed E-state index contributed by atoms with van der Waals surface area (Å²) < 4.78 is 0. The standard InChI is InChI=1S/C17H17N5O/c1-22(17(23)16-12-5-4-8-13(12)20-21-16)10-11-9-18-14-6-2-3-7-15(14)19-11/h2-3,6-7,9H,4-5,8,10H2,1H3,(H,20,21). The molecule has 0 spiro atoms. The van der Waals surface area contributed by atoms with Gasteiger partial charge in [-0.1, -0.05) is 12.1 Å². The van der Waals surface area contributed by atoms with Crippen LogP contribution in [0.15, 0.2) is 30.5 Å². The lowest BCUT2D eigenvalue weighted by atomic mass is 10.2. The van der Waals surface area contributed by atoms with Crippen molar-refractivity contribution in [2.24, 2.45) is 0 Å². The van der Waals surface area contributed by atoms with Gasteiger partial charge in [-0.15, -0.1) is 0 Å². The first-order valence-corrected chi connectivity index (χ1v) is 7.74. The van der Waals surface area contributed by atoms with Gasteiger partial charge in [-0.2, -0.15) is 5.10 Å². The van der Waals surface area contributed by atoms with Gasteiger partial charge in [0.25, 0.3) is 5.91 Å². The molecule has 2 heterocycles. The average molecular weight is 307 g/mol. The van der Waals surface area contributed by atoms with Crippen LogP contribution in [0.2, 0.25) is 0 Å². The highest BCUT2D eigenvalue weighted by atomic mass is 16.2. The molecule has 1 amide bonds. The Morgan fingerprint density at radius 2 is 2.09 bits per heavy atom. The predicted octanol–water partition coefficient (Wildman–Crippen LogP) is 2.11. The fourth-order valence-electron chi connectivity index (χ4n) is 3.06. The third-order valence-electron chi connectivity index (χ3n) is 4.25. The van der Waals surface area contributed by atoms with E-state index in [4.69, 9.17) is 0 Å². The molecule has 0 saturated carbocycles. The van der Waals surface area contributed by atoms with Crippen LogP contribution in [-0.4, -0.2) is 38.0 Å². The molecule has 4 rings (SSSR count). The van der Waals surface area contributed by atoms with E-state index in [9.17, 15) is 4.79 Å². The topological polar surface area (TPSA) is 74.8 Å². The van der Waals surface area contributed by atoms with E-state index in [1.54, 1.807) is 18.1 Å². The number of aryl methyl sites for hydroxylation is 1. The van der Waals surface area contributed by atoms with Crippen LogP contribution in [0, 0.1) is 0 Å². The molecular formula is C17H17N5O. The van der Waals surface area contributed by atoms with Crippen molar-refractivity contribution in [3.05, 3.63) is 53.1 Å². The molecule has 0 fully saturated rings. The number of nitrogens with zero attached hydrogens (tertiary/aromatic N) is 4. The number of amides is 1. The molecule has 6 heteroatoms. The number of hydrogen-bond donors (Lipinski definition) is 1. The van der Waals surface area contributed by atoms with Gasteiger partial charge >= 0.3 is 0 Å². The van der Waals surface area contributed by atoms with Crippen molar-refractivity contribution in [1.82, 2.24) is 25.1 Å². The number of H-pyrrole nitrogens is 1. The van der Waals surface area contributed by atoms with Crippen LogP contribution < -0.4 is 0 Å². The maximum atomic E-state index is 12.6. The average Bonchev–Trinajstić information content (AvgIpc) is 3.17. The molecule has 0 atom stereocenters. The van der Waals surface area contributed by atoms with Gasteiger partial charge in [-0.3, -0.25) is 14.9 Å². The van der Waals surface area contributed by atoms with Crippen molar-refractivity contribution in [3.63, 3.8) is 0 Å². The molecule has 0 radical (unpaired) electrons. The van der Waals surface area contributed by atoms with Crippen molar-refractivity contribution in [2.45, 2.75) is 25.8 Å². The number of carbonyl (C=O) groups is 1. The van der Waals surface area contributed by atoms with E-state index in [0.29, 0.717) is 12.2 Å². The number of para-hydroxylation sites is 2. The first-order valence-electron chi connectivity index (χ1n) is 7.74. The first-order chi connectivity index (χ1) is 11.2. The molecule has 0 bridgehead atoms. The summed E-state index contributed by atoms with van der Waals surface area (Å²) in [6, 6.07) is 7.72. The lowest BCUT2D eigenvalue weighted by molar-refractivity contribution is 0.0776. The number of nitrogens with one attached hydrogen (secondary N) is 1. The number of fused-ring (bicyclic) bond motifs is 2. The minimum absolute atomic E-state index is 0.0700. The Morgan fingerprint density at radius 1 is 1.26 bits per heavy atom. The minimum Gasteiger partial charge on any atom is -0.334 e. The predicted molar refractivity (Wildman–Crippen MR) is 85.9 cm³/mol. The number of rotatable bonds is 3. The Hall–Kier alpha value is -2.76. The summed E-state index contributed by atoms with van der Waals surface area (Å²) in [5.41, 5.74) is 5.20. The second-order valence-electron chi connectivity index (χ2n) is 5.89. The molecule has 116 valence electrons. The van der Waals surface area contributed by atoms with E-state index in [0.717, 1.165) is 47.2 Å². The highest BCUT2D eigenvalue weighted by Gasteiger charge is 2.25. The zero-order valence-electron chi connectivity index (χ0n) is 12.9. The lowest BCUT2D eigenvalue weighted by Gasteiger charge is -2.16. The molecule has 0 saturated heterocycles. The maximum Gasteiger partial charge on any atom is 0.274 e. The maximum absolute atomic E-state index is 12.6. The number of benzene rings is 1. The summed E-state index contributed by atoms with van der Waals surface area (Å²) in [5, 5.41) is 7.18. The van der Waals surface area contributed by atoms with Gasteiger partial charge in [0.05, 0.1) is 29.5 Å². The van der Waals surface area contributed by atoms with Gasteiger partial charge in [0.15, 0.2) is 5.69 Å². The Labute approximate surface area is 133 Å². The van der Waals surface area contributed by atoms with Gasteiger partial charge in [0, 0.05) is 18.3 Å². The number of hydrogen-bond acceptors (Lipinski definition) is 4. The second kappa shape index (κ2) is 5.46. The van der Waals surface area contributed by atoms with Crippen LogP contribution in [0.3, 0.4) is 0 Å². The molecule has 0 aliphatic heterocycles. The van der Waals surface area contributed by atoms with Crippen molar-refractivity contribution in [3.8, 4) is 0 Å². The first kappa shape index (κ1) is 13.9. The van der Waals surface area contributed by atoms with E-state index in [1.807, 2.05) is 24.3 Å². The molecular weight excluding hydrogens is 290 g/mol. The highest BCUT2D eigenvalue weighted by Crippen LogP contribution is 2.23. The third kappa shape index (κ3) is 2.46. The van der Waals surface area contributed by atoms with Gasteiger partial charge in [-0.05, 0) is 31.4 Å². The Balaban J connectivity index is 1.56. The number of aromatic amines is 1. The van der Waals surface area contributed by atoms with Crippen LogP contribution in [0.25, 0.3) is 11.0 Å². The van der Waals surface area contributed by atoms with Crippen molar-refractivity contribution in [1.29, 1.82) is 0 Å². The van der Waals surface area contributed by atoms with Crippen molar-refractivity contribution >= 4 is 16.9 Å². The largest absolute Gasteiger partial charge is 0.334 e. The van der Waals surface area contributed by atoms with E-state index in [2.05, 4.69) is 20.2 Å².